The first-order chi connectivity index (χ1) is 13.2. The fraction of sp³-hybridized carbons (Fsp3) is 0.100. The smallest absolute Gasteiger partial charge is 0.228 e. The molecule has 27 heavy (non-hydrogen) atoms. The molecule has 7 nitrogen and oxygen atoms in total. The van der Waals surface area contributed by atoms with Crippen LogP contribution in [0.3, 0.4) is 0 Å². The molecule has 0 spiro atoms. The topological polar surface area (TPSA) is 97.4 Å². The van der Waals surface area contributed by atoms with E-state index in [1.807, 2.05) is 18.2 Å². The zero-order valence-corrected chi connectivity index (χ0v) is 14.1. The molecule has 0 fully saturated rings. The summed E-state index contributed by atoms with van der Waals surface area (Å²) in [4.78, 5) is 4.41. The van der Waals surface area contributed by atoms with Crippen molar-refractivity contribution in [3.63, 3.8) is 0 Å². The predicted molar refractivity (Wildman–Crippen MR) is 93.7 cm³/mol. The Morgan fingerprint density at radius 3 is 2.74 bits per heavy atom. The maximum atomic E-state index is 9.82. The highest BCUT2D eigenvalue weighted by Crippen LogP contribution is 2.45. The van der Waals surface area contributed by atoms with Crippen LogP contribution in [0.1, 0.15) is 28.6 Å². The van der Waals surface area contributed by atoms with Crippen LogP contribution < -0.4 is 10.2 Å². The maximum Gasteiger partial charge on any atom is 0.228 e. The van der Waals surface area contributed by atoms with Gasteiger partial charge in [0.05, 0.1) is 30.6 Å². The predicted octanol–water partition coefficient (Wildman–Crippen LogP) is 3.59. The van der Waals surface area contributed by atoms with Gasteiger partial charge in [0.25, 0.3) is 0 Å². The third-order valence-corrected chi connectivity index (χ3v) is 4.62. The van der Waals surface area contributed by atoms with Crippen molar-refractivity contribution in [3.05, 3.63) is 89.5 Å². The maximum absolute atomic E-state index is 9.82. The molecule has 0 saturated heterocycles. The van der Waals surface area contributed by atoms with Crippen LogP contribution in [0.25, 0.3) is 0 Å². The number of benzene rings is 1. The summed E-state index contributed by atoms with van der Waals surface area (Å²) in [6, 6.07) is 12.3. The van der Waals surface area contributed by atoms with Gasteiger partial charge >= 0.3 is 0 Å². The average molecular weight is 361 g/mol. The van der Waals surface area contributed by atoms with Crippen LogP contribution in [0.2, 0.25) is 0 Å². The number of aromatic nitrogens is 2. The van der Waals surface area contributed by atoms with Gasteiger partial charge in [0.1, 0.15) is 34.8 Å². The van der Waals surface area contributed by atoms with Gasteiger partial charge in [-0.3, -0.25) is 5.41 Å². The molecule has 7 heteroatoms. The van der Waals surface area contributed by atoms with Crippen LogP contribution in [0, 0.1) is 5.41 Å². The molecule has 3 aromatic heterocycles. The van der Waals surface area contributed by atoms with Crippen molar-refractivity contribution in [3.8, 4) is 17.4 Å². The lowest BCUT2D eigenvalue weighted by Crippen LogP contribution is -2.29. The fourth-order valence-electron chi connectivity index (χ4n) is 3.40. The second-order valence-corrected chi connectivity index (χ2v) is 6.29. The number of nitrogens with zero attached hydrogens (tertiary/aromatic N) is 2. The molecule has 5 rings (SSSR count). The summed E-state index contributed by atoms with van der Waals surface area (Å²) in [7, 11) is 0. The van der Waals surface area contributed by atoms with E-state index in [2.05, 4.69) is 4.98 Å². The van der Waals surface area contributed by atoms with Gasteiger partial charge in [-0.2, -0.15) is 0 Å². The van der Waals surface area contributed by atoms with Gasteiger partial charge in [-0.15, -0.1) is 0 Å². The fourth-order valence-corrected chi connectivity index (χ4v) is 3.40. The van der Waals surface area contributed by atoms with E-state index in [1.54, 1.807) is 47.7 Å². The van der Waals surface area contributed by atoms with Gasteiger partial charge < -0.3 is 23.2 Å². The number of hydrogen-bond donors (Lipinski definition) is 2. The Bertz CT molecular complexity index is 1160. The number of ether oxygens (including phenoxy) is 1. The summed E-state index contributed by atoms with van der Waals surface area (Å²) in [5, 5.41) is 18.6. The van der Waals surface area contributed by atoms with E-state index in [1.165, 1.54) is 0 Å². The second-order valence-electron chi connectivity index (χ2n) is 6.29. The number of furan rings is 2. The number of fused-ring (bicyclic) bond motifs is 2. The van der Waals surface area contributed by atoms with Gasteiger partial charge in [0.15, 0.2) is 0 Å². The Morgan fingerprint density at radius 1 is 1.11 bits per heavy atom. The standard InChI is InChI=1S/C20H15N3O4/c21-19-18-17(15-4-2-8-26-15)14-6-5-12(24)9-16(14)27-20(18)22-11-23(19)10-13-3-1-7-25-13/h1-9,11,17,21,24H,10H2. The molecule has 4 heterocycles. The third kappa shape index (κ3) is 2.52. The van der Waals surface area contributed by atoms with E-state index >= 15 is 0 Å². The highest BCUT2D eigenvalue weighted by Gasteiger charge is 2.34. The summed E-state index contributed by atoms with van der Waals surface area (Å²) in [6.45, 7) is 0.388. The molecule has 0 radical (unpaired) electrons. The van der Waals surface area contributed by atoms with Crippen LogP contribution in [0.15, 0.2) is 70.2 Å². The largest absolute Gasteiger partial charge is 0.508 e. The van der Waals surface area contributed by atoms with Gasteiger partial charge in [-0.05, 0) is 30.3 Å². The van der Waals surface area contributed by atoms with Crippen molar-refractivity contribution in [2.75, 3.05) is 0 Å². The first-order valence-corrected chi connectivity index (χ1v) is 8.41. The summed E-state index contributed by atoms with van der Waals surface area (Å²) < 4.78 is 18.6. The molecule has 0 aliphatic carbocycles. The van der Waals surface area contributed by atoms with Gasteiger partial charge in [-0.1, -0.05) is 6.07 Å². The van der Waals surface area contributed by atoms with Crippen molar-refractivity contribution in [1.29, 1.82) is 5.41 Å². The van der Waals surface area contributed by atoms with E-state index in [9.17, 15) is 5.11 Å². The lowest BCUT2D eigenvalue weighted by Gasteiger charge is -2.27. The van der Waals surface area contributed by atoms with Crippen LogP contribution in [-0.2, 0) is 6.54 Å². The van der Waals surface area contributed by atoms with Crippen molar-refractivity contribution < 1.29 is 18.7 Å². The normalized spacial score (nSPS) is 15.0. The van der Waals surface area contributed by atoms with E-state index in [-0.39, 0.29) is 17.2 Å². The average Bonchev–Trinajstić information content (AvgIpc) is 3.36. The van der Waals surface area contributed by atoms with Gasteiger partial charge in [0.2, 0.25) is 5.88 Å². The van der Waals surface area contributed by atoms with Gasteiger partial charge in [0, 0.05) is 11.6 Å². The molecule has 1 aromatic carbocycles. The number of phenols is 1. The molecule has 1 aliphatic heterocycles. The van der Waals surface area contributed by atoms with Crippen LogP contribution in [0.4, 0.5) is 0 Å². The van der Waals surface area contributed by atoms with Crippen molar-refractivity contribution >= 4 is 0 Å². The quantitative estimate of drug-likeness (QED) is 0.512. The molecule has 0 amide bonds. The molecular formula is C20H15N3O4. The number of aromatic hydroxyl groups is 1. The molecule has 134 valence electrons. The molecule has 0 bridgehead atoms. The Labute approximate surface area is 153 Å². The van der Waals surface area contributed by atoms with Crippen LogP contribution in [-0.4, -0.2) is 14.7 Å². The highest BCUT2D eigenvalue weighted by molar-refractivity contribution is 5.55. The molecule has 1 atom stereocenters. The first kappa shape index (κ1) is 15.5. The molecule has 2 N–H and O–H groups in total. The molecular weight excluding hydrogens is 346 g/mol. The number of phenolic OH excluding ortho intramolecular Hbond substituents is 1. The lowest BCUT2D eigenvalue weighted by atomic mass is 9.87. The van der Waals surface area contributed by atoms with Crippen LogP contribution in [0.5, 0.6) is 17.4 Å². The van der Waals surface area contributed by atoms with E-state index in [0.29, 0.717) is 29.5 Å². The van der Waals surface area contributed by atoms with Crippen molar-refractivity contribution in [1.82, 2.24) is 9.55 Å². The minimum atomic E-state index is -0.358. The minimum absolute atomic E-state index is 0.102. The zero-order valence-electron chi connectivity index (χ0n) is 14.1. The minimum Gasteiger partial charge on any atom is -0.508 e. The lowest BCUT2D eigenvalue weighted by molar-refractivity contribution is 0.399. The first-order valence-electron chi connectivity index (χ1n) is 8.41. The summed E-state index contributed by atoms with van der Waals surface area (Å²) in [5.41, 5.74) is 1.68. The summed E-state index contributed by atoms with van der Waals surface area (Å²) >= 11 is 0. The summed E-state index contributed by atoms with van der Waals surface area (Å²) in [5.74, 6) is 1.98. The van der Waals surface area contributed by atoms with Crippen LogP contribution >= 0.6 is 0 Å². The van der Waals surface area contributed by atoms with E-state index in [4.69, 9.17) is 19.0 Å². The third-order valence-electron chi connectivity index (χ3n) is 4.62. The Morgan fingerprint density at radius 2 is 1.96 bits per heavy atom. The molecule has 1 unspecified atom stereocenters. The highest BCUT2D eigenvalue weighted by atomic mass is 16.5. The number of hydrogen-bond acceptors (Lipinski definition) is 6. The zero-order chi connectivity index (χ0) is 18.4. The van der Waals surface area contributed by atoms with E-state index in [0.717, 1.165) is 11.3 Å². The molecule has 0 saturated carbocycles. The molecule has 1 aliphatic rings. The monoisotopic (exact) mass is 361 g/mol. The van der Waals surface area contributed by atoms with Gasteiger partial charge in [-0.25, -0.2) is 4.98 Å². The Hall–Kier alpha value is -3.74. The number of rotatable bonds is 3. The Kier molecular flexibility index (Phi) is 3.39. The Balaban J connectivity index is 1.70. The van der Waals surface area contributed by atoms with Crippen molar-refractivity contribution in [2.45, 2.75) is 12.5 Å². The molecule has 4 aromatic rings. The summed E-state index contributed by atoms with van der Waals surface area (Å²) in [6.07, 6.45) is 4.75. The number of nitrogens with one attached hydrogen (secondary N) is 1. The van der Waals surface area contributed by atoms with Crippen molar-refractivity contribution in [2.24, 2.45) is 0 Å². The SMILES string of the molecule is N=c1c2c(ncn1Cc1ccco1)Oc1cc(O)ccc1C2c1ccco1. The second kappa shape index (κ2) is 5.91. The van der Waals surface area contributed by atoms with E-state index < -0.39 is 0 Å².